The van der Waals surface area contributed by atoms with E-state index in [9.17, 15) is 24.6 Å². The van der Waals surface area contributed by atoms with Crippen molar-refractivity contribution in [3.05, 3.63) is 38.2 Å². The second kappa shape index (κ2) is 5.36. The van der Waals surface area contributed by atoms with Gasteiger partial charge in [0.1, 0.15) is 11.5 Å². The van der Waals surface area contributed by atoms with E-state index in [2.05, 4.69) is 4.99 Å². The van der Waals surface area contributed by atoms with Crippen LogP contribution in [0.2, 0.25) is 0 Å². The van der Waals surface area contributed by atoms with Crippen molar-refractivity contribution in [1.29, 1.82) is 0 Å². The maximum absolute atomic E-state index is 13.3. The van der Waals surface area contributed by atoms with Crippen molar-refractivity contribution in [2.45, 2.75) is 0 Å². The summed E-state index contributed by atoms with van der Waals surface area (Å²) < 4.78 is 13.3. The number of hydrogen-bond acceptors (Lipinski definition) is 5. The molecule has 0 unspecified atom stereocenters. The largest absolute Gasteiger partial charge is 0.386 e. The van der Waals surface area contributed by atoms with Crippen LogP contribution in [0.5, 0.6) is 0 Å². The van der Waals surface area contributed by atoms with Crippen LogP contribution in [0.25, 0.3) is 0 Å². The molecule has 0 atom stereocenters. The second-order valence-electron chi connectivity index (χ2n) is 3.04. The Balaban J connectivity index is 3.48. The molecular weight excluding hydrogens is 271 g/mol. The van der Waals surface area contributed by atoms with Crippen molar-refractivity contribution < 1.29 is 14.2 Å². The van der Waals surface area contributed by atoms with Crippen LogP contribution in [0.15, 0.2) is 17.1 Å². The third-order valence-corrected chi connectivity index (χ3v) is 2.11. The summed E-state index contributed by atoms with van der Waals surface area (Å²) >= 11 is 5.33. The van der Waals surface area contributed by atoms with Crippen LogP contribution in [-0.4, -0.2) is 21.6 Å². The molecule has 18 heavy (non-hydrogen) atoms. The molecule has 0 saturated carbocycles. The Hall–Kier alpha value is -2.29. The van der Waals surface area contributed by atoms with E-state index in [-0.39, 0.29) is 11.7 Å². The van der Waals surface area contributed by atoms with Crippen LogP contribution in [0.1, 0.15) is 0 Å². The zero-order chi connectivity index (χ0) is 13.9. The fraction of sp³-hybridized carbons (Fsp3) is 0.125. The fourth-order valence-electron chi connectivity index (χ4n) is 1.10. The van der Waals surface area contributed by atoms with Gasteiger partial charge in [-0.05, 0) is 0 Å². The standard InChI is InChI=1S/C8H6ClFN4O4/c9-3-8(11)12-5-1-4(10)6(13(15)16)2-7(5)14(17)18/h1-2H,3H2,(H2,11,12). The highest BCUT2D eigenvalue weighted by molar-refractivity contribution is 6.28. The van der Waals surface area contributed by atoms with Crippen molar-refractivity contribution in [3.8, 4) is 0 Å². The topological polar surface area (TPSA) is 125 Å². The van der Waals surface area contributed by atoms with Gasteiger partial charge in [0.25, 0.3) is 0 Å². The molecule has 0 aliphatic heterocycles. The van der Waals surface area contributed by atoms with E-state index >= 15 is 0 Å². The molecule has 0 aliphatic carbocycles. The molecule has 0 fully saturated rings. The van der Waals surface area contributed by atoms with Gasteiger partial charge in [-0.2, -0.15) is 4.39 Å². The molecule has 96 valence electrons. The van der Waals surface area contributed by atoms with Gasteiger partial charge >= 0.3 is 11.4 Å². The molecule has 0 heterocycles. The van der Waals surface area contributed by atoms with E-state index in [0.717, 1.165) is 0 Å². The summed E-state index contributed by atoms with van der Waals surface area (Å²) in [4.78, 5) is 22.7. The van der Waals surface area contributed by atoms with E-state index < -0.39 is 32.7 Å². The van der Waals surface area contributed by atoms with Crippen LogP contribution < -0.4 is 5.73 Å². The number of nitrogens with two attached hydrogens (primary N) is 1. The summed E-state index contributed by atoms with van der Waals surface area (Å²) in [7, 11) is 0. The van der Waals surface area contributed by atoms with Gasteiger partial charge in [-0.1, -0.05) is 0 Å². The summed E-state index contributed by atoms with van der Waals surface area (Å²) in [6, 6.07) is 1.05. The normalized spacial score (nSPS) is 11.3. The highest BCUT2D eigenvalue weighted by atomic mass is 35.5. The number of alkyl halides is 1. The van der Waals surface area contributed by atoms with E-state index in [1.165, 1.54) is 0 Å². The third-order valence-electron chi connectivity index (χ3n) is 1.84. The van der Waals surface area contributed by atoms with Crippen LogP contribution >= 0.6 is 11.6 Å². The lowest BCUT2D eigenvalue weighted by Gasteiger charge is -2.00. The quantitative estimate of drug-likeness (QED) is 0.295. The molecule has 1 aromatic carbocycles. The van der Waals surface area contributed by atoms with Crippen molar-refractivity contribution >= 4 is 34.5 Å². The summed E-state index contributed by atoms with van der Waals surface area (Å²) in [5.41, 5.74) is 3.10. The summed E-state index contributed by atoms with van der Waals surface area (Å²) in [6.45, 7) is 0. The average Bonchev–Trinajstić information content (AvgIpc) is 2.27. The Morgan fingerprint density at radius 3 is 2.33 bits per heavy atom. The predicted molar refractivity (Wildman–Crippen MR) is 61.7 cm³/mol. The Morgan fingerprint density at radius 2 is 1.89 bits per heavy atom. The second-order valence-corrected chi connectivity index (χ2v) is 3.31. The number of hydrogen-bond donors (Lipinski definition) is 1. The maximum Gasteiger partial charge on any atom is 0.311 e. The average molecular weight is 277 g/mol. The van der Waals surface area contributed by atoms with E-state index in [0.29, 0.717) is 12.1 Å². The number of benzene rings is 1. The van der Waals surface area contributed by atoms with Gasteiger partial charge in [-0.3, -0.25) is 20.2 Å². The highest BCUT2D eigenvalue weighted by Crippen LogP contribution is 2.33. The number of aliphatic imine (C=N–C) groups is 1. The molecule has 1 aromatic rings. The molecule has 0 radical (unpaired) electrons. The SMILES string of the molecule is NC(CCl)=Nc1cc(F)c([N+](=O)[O-])cc1[N+](=O)[O-]. The molecule has 1 rings (SSSR count). The molecule has 8 nitrogen and oxygen atoms in total. The Bertz CT molecular complexity index is 548. The first-order valence-corrected chi connectivity index (χ1v) is 4.91. The highest BCUT2D eigenvalue weighted by Gasteiger charge is 2.24. The smallest absolute Gasteiger partial charge is 0.311 e. The van der Waals surface area contributed by atoms with E-state index in [4.69, 9.17) is 17.3 Å². The number of nitrogens with zero attached hydrogens (tertiary/aromatic N) is 3. The first-order chi connectivity index (χ1) is 8.36. The maximum atomic E-state index is 13.3. The first-order valence-electron chi connectivity index (χ1n) is 4.38. The first kappa shape index (κ1) is 13.8. The van der Waals surface area contributed by atoms with Gasteiger partial charge in [0.15, 0.2) is 0 Å². The molecule has 0 spiro atoms. The van der Waals surface area contributed by atoms with Gasteiger partial charge in [-0.25, -0.2) is 4.99 Å². The predicted octanol–water partition coefficient (Wildman–Crippen LogP) is 1.87. The summed E-state index contributed by atoms with van der Waals surface area (Å²) in [6.07, 6.45) is 0. The molecule has 10 heteroatoms. The van der Waals surface area contributed by atoms with Crippen molar-refractivity contribution in [2.24, 2.45) is 10.7 Å². The van der Waals surface area contributed by atoms with Crippen molar-refractivity contribution in [1.82, 2.24) is 0 Å². The van der Waals surface area contributed by atoms with Gasteiger partial charge in [0, 0.05) is 6.07 Å². The van der Waals surface area contributed by atoms with Crippen LogP contribution in [-0.2, 0) is 0 Å². The molecule has 0 amide bonds. The minimum atomic E-state index is -1.24. The molecule has 0 aromatic heterocycles. The van der Waals surface area contributed by atoms with E-state index in [1.54, 1.807) is 0 Å². The Morgan fingerprint density at radius 1 is 1.33 bits per heavy atom. The molecule has 2 N–H and O–H groups in total. The van der Waals surface area contributed by atoms with Gasteiger partial charge in [-0.15, -0.1) is 11.6 Å². The number of nitro groups is 2. The van der Waals surface area contributed by atoms with Crippen LogP contribution in [0.3, 0.4) is 0 Å². The number of nitro benzene ring substituents is 2. The fourth-order valence-corrected chi connectivity index (χ4v) is 1.16. The Labute approximate surface area is 104 Å². The number of halogens is 2. The minimum absolute atomic E-state index is 0.173. The van der Waals surface area contributed by atoms with Gasteiger partial charge in [0.2, 0.25) is 5.82 Å². The monoisotopic (exact) mass is 276 g/mol. The molecule has 0 saturated heterocycles. The molecular formula is C8H6ClFN4O4. The molecule has 0 bridgehead atoms. The number of amidine groups is 1. The zero-order valence-corrected chi connectivity index (χ0v) is 9.43. The van der Waals surface area contributed by atoms with Crippen LogP contribution in [0, 0.1) is 26.0 Å². The van der Waals surface area contributed by atoms with Gasteiger partial charge in [0.05, 0.1) is 21.8 Å². The lowest BCUT2D eigenvalue weighted by molar-refractivity contribution is -0.395. The van der Waals surface area contributed by atoms with Crippen molar-refractivity contribution in [2.75, 3.05) is 5.88 Å². The zero-order valence-electron chi connectivity index (χ0n) is 8.67. The minimum Gasteiger partial charge on any atom is -0.386 e. The third kappa shape index (κ3) is 2.88. The lowest BCUT2D eigenvalue weighted by Crippen LogP contribution is -2.12. The van der Waals surface area contributed by atoms with Gasteiger partial charge < -0.3 is 5.73 Å². The number of rotatable bonds is 4. The Kier molecular flexibility index (Phi) is 4.10. The lowest BCUT2D eigenvalue weighted by atomic mass is 10.2. The van der Waals surface area contributed by atoms with E-state index in [1.807, 2.05) is 0 Å². The summed E-state index contributed by atoms with van der Waals surface area (Å²) in [5, 5.41) is 21.1. The van der Waals surface area contributed by atoms with Crippen LogP contribution in [0.4, 0.5) is 21.5 Å². The van der Waals surface area contributed by atoms with Crippen molar-refractivity contribution in [3.63, 3.8) is 0 Å². The summed E-state index contributed by atoms with van der Waals surface area (Å²) in [5.74, 6) is -1.63. The molecule has 0 aliphatic rings.